The first-order chi connectivity index (χ1) is 9.75. The smallest absolute Gasteiger partial charge is 0.247 e. The molecule has 0 unspecified atom stereocenters. The highest BCUT2D eigenvalue weighted by molar-refractivity contribution is 7.89. The van der Waals surface area contributed by atoms with Crippen LogP contribution in [0.2, 0.25) is 0 Å². The normalized spacial score (nSPS) is 12.1. The average molecular weight is 312 g/mol. The van der Waals surface area contributed by atoms with E-state index in [1.54, 1.807) is 20.8 Å². The molecule has 0 aromatic carbocycles. The van der Waals surface area contributed by atoms with Crippen molar-refractivity contribution in [3.8, 4) is 12.3 Å². The molecule has 0 fully saturated rings. The second-order valence-electron chi connectivity index (χ2n) is 5.19. The molecule has 0 aliphatic heterocycles. The molecule has 1 aromatic rings. The van der Waals surface area contributed by atoms with E-state index in [2.05, 4.69) is 11.2 Å². The van der Waals surface area contributed by atoms with Gasteiger partial charge in [0.1, 0.15) is 16.4 Å². The summed E-state index contributed by atoms with van der Waals surface area (Å²) < 4.78 is 32.4. The third-order valence-corrected chi connectivity index (χ3v) is 5.35. The first-order valence-corrected chi connectivity index (χ1v) is 8.45. The number of hydrogen-bond acceptors (Lipinski definition) is 4. The SMILES string of the molecule is C#CCN(CC)S(=O)(=O)c1c(C)oc(C)c1CNC(C)C. The molecule has 0 aliphatic carbocycles. The molecule has 118 valence electrons. The van der Waals surface area contributed by atoms with Crippen molar-refractivity contribution in [1.82, 2.24) is 9.62 Å². The van der Waals surface area contributed by atoms with Gasteiger partial charge in [0.05, 0.1) is 6.54 Å². The molecule has 1 rings (SSSR count). The Labute approximate surface area is 127 Å². The van der Waals surface area contributed by atoms with E-state index in [0.29, 0.717) is 30.2 Å². The highest BCUT2D eigenvalue weighted by atomic mass is 32.2. The Morgan fingerprint density at radius 2 is 1.95 bits per heavy atom. The minimum absolute atomic E-state index is 0.0551. The van der Waals surface area contributed by atoms with Gasteiger partial charge < -0.3 is 9.73 Å². The highest BCUT2D eigenvalue weighted by Gasteiger charge is 2.31. The van der Waals surface area contributed by atoms with Crippen LogP contribution in [0.5, 0.6) is 0 Å². The van der Waals surface area contributed by atoms with Gasteiger partial charge in [0, 0.05) is 24.7 Å². The monoisotopic (exact) mass is 312 g/mol. The lowest BCUT2D eigenvalue weighted by molar-refractivity contribution is 0.457. The van der Waals surface area contributed by atoms with Crippen molar-refractivity contribution in [3.63, 3.8) is 0 Å². The van der Waals surface area contributed by atoms with Crippen molar-refractivity contribution in [3.05, 3.63) is 17.1 Å². The zero-order valence-electron chi connectivity index (χ0n) is 13.4. The van der Waals surface area contributed by atoms with Gasteiger partial charge in [0.2, 0.25) is 10.0 Å². The highest BCUT2D eigenvalue weighted by Crippen LogP contribution is 2.29. The molecule has 0 atom stereocenters. The lowest BCUT2D eigenvalue weighted by Gasteiger charge is -2.19. The number of sulfonamides is 1. The molecule has 1 aromatic heterocycles. The van der Waals surface area contributed by atoms with E-state index >= 15 is 0 Å². The quantitative estimate of drug-likeness (QED) is 0.783. The number of nitrogens with zero attached hydrogens (tertiary/aromatic N) is 1. The first kappa shape index (κ1) is 17.8. The minimum Gasteiger partial charge on any atom is -0.465 e. The van der Waals surface area contributed by atoms with E-state index in [4.69, 9.17) is 10.8 Å². The number of rotatable bonds is 7. The first-order valence-electron chi connectivity index (χ1n) is 7.01. The predicted octanol–water partition coefficient (Wildman–Crippen LogP) is 2.04. The molecule has 0 saturated heterocycles. The summed E-state index contributed by atoms with van der Waals surface area (Å²) in [5.41, 5.74) is 0.677. The second kappa shape index (κ2) is 7.12. The van der Waals surface area contributed by atoms with Crippen LogP contribution >= 0.6 is 0 Å². The van der Waals surface area contributed by atoms with Crippen LogP contribution in [0, 0.1) is 26.2 Å². The van der Waals surface area contributed by atoms with Crippen molar-refractivity contribution in [2.24, 2.45) is 0 Å². The third kappa shape index (κ3) is 3.88. The van der Waals surface area contributed by atoms with Crippen LogP contribution < -0.4 is 5.32 Å². The van der Waals surface area contributed by atoms with Crippen LogP contribution in [0.4, 0.5) is 0 Å². The van der Waals surface area contributed by atoms with Crippen LogP contribution in [0.25, 0.3) is 0 Å². The molecule has 0 bridgehead atoms. The van der Waals surface area contributed by atoms with Gasteiger partial charge >= 0.3 is 0 Å². The van der Waals surface area contributed by atoms with Crippen LogP contribution in [0.1, 0.15) is 37.9 Å². The van der Waals surface area contributed by atoms with Gasteiger partial charge in [-0.3, -0.25) is 0 Å². The Kier molecular flexibility index (Phi) is 6.02. The fourth-order valence-corrected chi connectivity index (χ4v) is 3.93. The van der Waals surface area contributed by atoms with E-state index in [-0.39, 0.29) is 17.5 Å². The molecule has 0 spiro atoms. The third-order valence-electron chi connectivity index (χ3n) is 3.23. The standard InChI is InChI=1S/C15H24N2O3S/c1-7-9-17(8-2)21(18,19)15-13(6)20-12(5)14(15)10-16-11(3)4/h1,11,16H,8-10H2,2-6H3. The maximum absolute atomic E-state index is 12.8. The van der Waals surface area contributed by atoms with Crippen molar-refractivity contribution >= 4 is 10.0 Å². The predicted molar refractivity (Wildman–Crippen MR) is 83.4 cm³/mol. The lowest BCUT2D eigenvalue weighted by atomic mass is 10.2. The van der Waals surface area contributed by atoms with Crippen molar-refractivity contribution < 1.29 is 12.8 Å². The maximum Gasteiger partial charge on any atom is 0.247 e. The summed E-state index contributed by atoms with van der Waals surface area (Å²) in [4.78, 5) is 0.241. The molecule has 0 aliphatic rings. The fraction of sp³-hybridized carbons (Fsp3) is 0.600. The van der Waals surface area contributed by atoms with E-state index in [9.17, 15) is 8.42 Å². The van der Waals surface area contributed by atoms with E-state index < -0.39 is 10.0 Å². The molecule has 6 heteroatoms. The maximum atomic E-state index is 12.8. The topological polar surface area (TPSA) is 62.6 Å². The number of nitrogens with one attached hydrogen (secondary N) is 1. The summed E-state index contributed by atoms with van der Waals surface area (Å²) in [7, 11) is -3.64. The summed E-state index contributed by atoms with van der Waals surface area (Å²) in [6, 6.07) is 0.253. The number of furan rings is 1. The molecular formula is C15H24N2O3S. The molecule has 0 radical (unpaired) electrons. The van der Waals surface area contributed by atoms with E-state index in [0.717, 1.165) is 0 Å². The largest absolute Gasteiger partial charge is 0.465 e. The van der Waals surface area contributed by atoms with Gasteiger partial charge in [-0.2, -0.15) is 4.31 Å². The van der Waals surface area contributed by atoms with Crippen LogP contribution in [0.15, 0.2) is 9.31 Å². The molecule has 0 amide bonds. The van der Waals surface area contributed by atoms with Gasteiger partial charge in [0.25, 0.3) is 0 Å². The van der Waals surface area contributed by atoms with Gasteiger partial charge in [0.15, 0.2) is 0 Å². The van der Waals surface area contributed by atoms with Crippen molar-refractivity contribution in [2.45, 2.75) is 52.1 Å². The molecule has 1 heterocycles. The van der Waals surface area contributed by atoms with E-state index in [1.807, 2.05) is 13.8 Å². The van der Waals surface area contributed by atoms with Gasteiger partial charge in [-0.1, -0.05) is 26.7 Å². The molecule has 5 nitrogen and oxygen atoms in total. The van der Waals surface area contributed by atoms with E-state index in [1.165, 1.54) is 4.31 Å². The van der Waals surface area contributed by atoms with Gasteiger partial charge in [-0.05, 0) is 13.8 Å². The molecule has 0 saturated carbocycles. The van der Waals surface area contributed by atoms with Crippen LogP contribution in [-0.4, -0.2) is 31.9 Å². The van der Waals surface area contributed by atoms with Crippen LogP contribution in [-0.2, 0) is 16.6 Å². The van der Waals surface area contributed by atoms with Gasteiger partial charge in [-0.15, -0.1) is 6.42 Å². The summed E-state index contributed by atoms with van der Waals surface area (Å²) in [5, 5.41) is 3.23. The van der Waals surface area contributed by atoms with Crippen molar-refractivity contribution in [2.75, 3.05) is 13.1 Å². The summed E-state index contributed by atoms with van der Waals surface area (Å²) in [6.45, 7) is 10.1. The zero-order chi connectivity index (χ0) is 16.2. The summed E-state index contributed by atoms with van der Waals surface area (Å²) >= 11 is 0. The molecule has 21 heavy (non-hydrogen) atoms. The fourth-order valence-electron chi connectivity index (χ4n) is 2.16. The Morgan fingerprint density at radius 3 is 2.43 bits per heavy atom. The number of hydrogen-bond donors (Lipinski definition) is 1. The number of terminal acetylenes is 1. The van der Waals surface area contributed by atoms with Crippen molar-refractivity contribution in [1.29, 1.82) is 0 Å². The zero-order valence-corrected chi connectivity index (χ0v) is 14.2. The second-order valence-corrected chi connectivity index (χ2v) is 7.07. The van der Waals surface area contributed by atoms with Crippen LogP contribution in [0.3, 0.4) is 0 Å². The van der Waals surface area contributed by atoms with Gasteiger partial charge in [-0.25, -0.2) is 8.42 Å². The Morgan fingerprint density at radius 1 is 1.33 bits per heavy atom. The Hall–Kier alpha value is -1.29. The summed E-state index contributed by atoms with van der Waals surface area (Å²) in [5.74, 6) is 3.42. The number of aryl methyl sites for hydroxylation is 2. The summed E-state index contributed by atoms with van der Waals surface area (Å²) in [6.07, 6.45) is 5.27. The Bertz CT molecular complexity index is 624. The molecule has 1 N–H and O–H groups in total. The Balaban J connectivity index is 3.31. The molecular weight excluding hydrogens is 288 g/mol. The minimum atomic E-state index is -3.64. The lowest BCUT2D eigenvalue weighted by Crippen LogP contribution is -2.32. The average Bonchev–Trinajstić information content (AvgIpc) is 2.67.